The van der Waals surface area contributed by atoms with Gasteiger partial charge in [-0.05, 0) is 25.0 Å². The Labute approximate surface area is 167 Å². The molecule has 3 heterocycles. The third-order valence-electron chi connectivity index (χ3n) is 4.67. The van der Waals surface area contributed by atoms with Crippen molar-refractivity contribution < 1.29 is 22.5 Å². The minimum absolute atomic E-state index is 0.0582. The van der Waals surface area contributed by atoms with Gasteiger partial charge in [-0.3, -0.25) is 9.78 Å². The quantitative estimate of drug-likeness (QED) is 0.627. The van der Waals surface area contributed by atoms with Crippen molar-refractivity contribution in [2.45, 2.75) is 23.8 Å². The van der Waals surface area contributed by atoms with Gasteiger partial charge in [-0.15, -0.1) is 0 Å². The van der Waals surface area contributed by atoms with Crippen molar-refractivity contribution in [2.75, 3.05) is 25.0 Å². The molecule has 4 rings (SSSR count). The molecule has 3 aromatic rings. The highest BCUT2D eigenvalue weighted by Crippen LogP contribution is 2.25. The van der Waals surface area contributed by atoms with Gasteiger partial charge in [0.25, 0.3) is 0 Å². The molecule has 0 bridgehead atoms. The molecule has 2 aromatic heterocycles. The van der Waals surface area contributed by atoms with Crippen LogP contribution in [0.2, 0.25) is 0 Å². The molecule has 1 unspecified atom stereocenters. The number of benzene rings is 1. The van der Waals surface area contributed by atoms with Gasteiger partial charge in [0.05, 0.1) is 18.2 Å². The van der Waals surface area contributed by atoms with Crippen molar-refractivity contribution in [2.24, 2.45) is 0 Å². The minimum atomic E-state index is -4.00. The molecule has 0 aliphatic carbocycles. The van der Waals surface area contributed by atoms with Crippen LogP contribution in [0.3, 0.4) is 0 Å². The van der Waals surface area contributed by atoms with Gasteiger partial charge >= 0.3 is 0 Å². The van der Waals surface area contributed by atoms with Crippen LogP contribution >= 0.6 is 0 Å². The van der Waals surface area contributed by atoms with E-state index in [4.69, 9.17) is 4.74 Å². The van der Waals surface area contributed by atoms with Gasteiger partial charge in [-0.1, -0.05) is 23.4 Å². The zero-order valence-electron chi connectivity index (χ0n) is 15.5. The van der Waals surface area contributed by atoms with E-state index in [9.17, 15) is 13.2 Å². The monoisotopic (exact) mass is 416 g/mol. The van der Waals surface area contributed by atoms with Crippen molar-refractivity contribution in [3.05, 3.63) is 48.9 Å². The Hall–Kier alpha value is -2.82. The van der Waals surface area contributed by atoms with Crippen LogP contribution < -0.4 is 5.32 Å². The first kappa shape index (κ1) is 19.5. The number of para-hydroxylation sites is 1. The van der Waals surface area contributed by atoms with Crippen LogP contribution in [0.1, 0.15) is 12.8 Å². The SMILES string of the molecule is O=C(CN(CC1CCCO1)S(=O)(=O)c1cccc2cccnc12)Nc1ccon1. The number of nitrogens with zero attached hydrogens (tertiary/aromatic N) is 3. The molecule has 1 amide bonds. The second-order valence-electron chi connectivity index (χ2n) is 6.70. The summed E-state index contributed by atoms with van der Waals surface area (Å²) in [5.41, 5.74) is 0.365. The lowest BCUT2D eigenvalue weighted by Gasteiger charge is -2.24. The number of hydrogen-bond acceptors (Lipinski definition) is 7. The largest absolute Gasteiger partial charge is 0.377 e. The third-order valence-corrected chi connectivity index (χ3v) is 6.51. The molecular weight excluding hydrogens is 396 g/mol. The smallest absolute Gasteiger partial charge is 0.245 e. The fraction of sp³-hybridized carbons (Fsp3) is 0.316. The summed E-state index contributed by atoms with van der Waals surface area (Å²) >= 11 is 0. The molecular formula is C19H20N4O5S. The fourth-order valence-electron chi connectivity index (χ4n) is 3.31. The highest BCUT2D eigenvalue weighted by molar-refractivity contribution is 7.89. The first-order valence-electron chi connectivity index (χ1n) is 9.20. The molecule has 0 saturated carbocycles. The van der Waals surface area contributed by atoms with Crippen LogP contribution in [0.25, 0.3) is 10.9 Å². The van der Waals surface area contributed by atoms with E-state index < -0.39 is 15.9 Å². The molecule has 152 valence electrons. The molecule has 1 aromatic carbocycles. The number of pyridine rings is 1. The molecule has 0 radical (unpaired) electrons. The van der Waals surface area contributed by atoms with Crippen molar-refractivity contribution in [3.63, 3.8) is 0 Å². The standard InChI is InChI=1S/C19H20N4O5S/c24-18(21-17-8-11-28-22-17)13-23(12-15-6-3-10-27-15)29(25,26)16-7-1-4-14-5-2-9-20-19(14)16/h1-2,4-5,7-9,11,15H,3,6,10,12-13H2,(H,21,22,24). The summed E-state index contributed by atoms with van der Waals surface area (Å²) in [6.07, 6.45) is 4.21. The van der Waals surface area contributed by atoms with Crippen LogP contribution in [0.5, 0.6) is 0 Å². The van der Waals surface area contributed by atoms with E-state index in [1.165, 1.54) is 18.4 Å². The van der Waals surface area contributed by atoms with Crippen LogP contribution in [0, 0.1) is 0 Å². The van der Waals surface area contributed by atoms with Gasteiger partial charge in [-0.25, -0.2) is 8.42 Å². The Bertz CT molecular complexity index is 1090. The van der Waals surface area contributed by atoms with Crippen molar-refractivity contribution in [3.8, 4) is 0 Å². The molecule has 1 aliphatic rings. The predicted molar refractivity (Wildman–Crippen MR) is 105 cm³/mol. The van der Waals surface area contributed by atoms with Crippen LogP contribution in [-0.2, 0) is 19.6 Å². The highest BCUT2D eigenvalue weighted by atomic mass is 32.2. The van der Waals surface area contributed by atoms with Crippen LogP contribution in [0.15, 0.2) is 58.3 Å². The molecule has 9 nitrogen and oxygen atoms in total. The van der Waals surface area contributed by atoms with Gasteiger partial charge in [0.1, 0.15) is 11.2 Å². The zero-order valence-corrected chi connectivity index (χ0v) is 16.3. The second kappa shape index (κ2) is 8.27. The van der Waals surface area contributed by atoms with Crippen LogP contribution in [-0.4, -0.2) is 54.6 Å². The topological polar surface area (TPSA) is 115 Å². The zero-order chi connectivity index (χ0) is 20.3. The summed E-state index contributed by atoms with van der Waals surface area (Å²) in [5.74, 6) is -0.301. The van der Waals surface area contributed by atoms with Crippen molar-refractivity contribution in [1.82, 2.24) is 14.4 Å². The van der Waals surface area contributed by atoms with E-state index in [1.54, 1.807) is 30.5 Å². The Morgan fingerprint density at radius 1 is 1.24 bits per heavy atom. The molecule has 29 heavy (non-hydrogen) atoms. The summed E-state index contributed by atoms with van der Waals surface area (Å²) < 4.78 is 38.4. The van der Waals surface area contributed by atoms with E-state index in [0.29, 0.717) is 17.5 Å². The lowest BCUT2D eigenvalue weighted by molar-refractivity contribution is -0.116. The number of hydrogen-bond donors (Lipinski definition) is 1. The maximum atomic E-state index is 13.5. The Morgan fingerprint density at radius 2 is 2.10 bits per heavy atom. The number of aromatic nitrogens is 2. The minimum Gasteiger partial charge on any atom is -0.377 e. The van der Waals surface area contributed by atoms with E-state index in [1.807, 2.05) is 0 Å². The highest BCUT2D eigenvalue weighted by Gasteiger charge is 2.32. The molecule has 1 fully saturated rings. The number of amides is 1. The van der Waals surface area contributed by atoms with Gasteiger partial charge in [0.2, 0.25) is 15.9 Å². The fourth-order valence-corrected chi connectivity index (χ4v) is 4.90. The van der Waals surface area contributed by atoms with Gasteiger partial charge in [0.15, 0.2) is 5.82 Å². The summed E-state index contributed by atoms with van der Waals surface area (Å²) in [4.78, 5) is 16.8. The van der Waals surface area contributed by atoms with Crippen molar-refractivity contribution in [1.29, 1.82) is 0 Å². The number of fused-ring (bicyclic) bond motifs is 1. The number of carbonyl (C=O) groups excluding carboxylic acids is 1. The normalized spacial score (nSPS) is 17.1. The number of carbonyl (C=O) groups is 1. The average Bonchev–Trinajstić information content (AvgIpc) is 3.41. The van der Waals surface area contributed by atoms with E-state index in [0.717, 1.165) is 17.1 Å². The first-order valence-corrected chi connectivity index (χ1v) is 10.6. The summed E-state index contributed by atoms with van der Waals surface area (Å²) in [6.45, 7) is 0.287. The maximum absolute atomic E-state index is 13.5. The number of rotatable bonds is 7. The molecule has 0 spiro atoms. The second-order valence-corrected chi connectivity index (χ2v) is 8.60. The predicted octanol–water partition coefficient (Wildman–Crippen LogP) is 2.03. The Morgan fingerprint density at radius 3 is 2.86 bits per heavy atom. The van der Waals surface area contributed by atoms with E-state index >= 15 is 0 Å². The number of nitrogens with one attached hydrogen (secondary N) is 1. The van der Waals surface area contributed by atoms with Crippen molar-refractivity contribution >= 4 is 32.7 Å². The summed E-state index contributed by atoms with van der Waals surface area (Å²) in [6, 6.07) is 9.98. The number of sulfonamides is 1. The molecule has 1 aliphatic heterocycles. The summed E-state index contributed by atoms with van der Waals surface area (Å²) in [5, 5.41) is 6.86. The lowest BCUT2D eigenvalue weighted by atomic mass is 10.2. The molecule has 1 N–H and O–H groups in total. The number of ether oxygens (including phenoxy) is 1. The summed E-state index contributed by atoms with van der Waals surface area (Å²) in [7, 11) is -4.00. The van der Waals surface area contributed by atoms with Gasteiger partial charge in [-0.2, -0.15) is 4.31 Å². The van der Waals surface area contributed by atoms with Gasteiger partial charge < -0.3 is 14.6 Å². The van der Waals surface area contributed by atoms with Crippen LogP contribution in [0.4, 0.5) is 5.82 Å². The first-order chi connectivity index (χ1) is 14.0. The van der Waals surface area contributed by atoms with E-state index in [-0.39, 0.29) is 29.9 Å². The molecule has 1 saturated heterocycles. The molecule has 1 atom stereocenters. The maximum Gasteiger partial charge on any atom is 0.245 e. The Balaban J connectivity index is 1.65. The molecule has 10 heteroatoms. The lowest BCUT2D eigenvalue weighted by Crippen LogP contribution is -2.42. The average molecular weight is 416 g/mol. The third kappa shape index (κ3) is 4.29. The Kier molecular flexibility index (Phi) is 5.56. The van der Waals surface area contributed by atoms with Gasteiger partial charge in [0, 0.05) is 30.8 Å². The van der Waals surface area contributed by atoms with E-state index in [2.05, 4.69) is 20.0 Å². The number of anilines is 1.